The Balaban J connectivity index is 1.43. The van der Waals surface area contributed by atoms with Crippen molar-refractivity contribution in [1.82, 2.24) is 5.32 Å². The van der Waals surface area contributed by atoms with E-state index in [1.165, 1.54) is 0 Å². The summed E-state index contributed by atoms with van der Waals surface area (Å²) >= 11 is 6.06. The molecule has 0 saturated carbocycles. The van der Waals surface area contributed by atoms with E-state index in [9.17, 15) is 9.59 Å². The van der Waals surface area contributed by atoms with Crippen molar-refractivity contribution in [3.05, 3.63) is 58.6 Å². The summed E-state index contributed by atoms with van der Waals surface area (Å²) in [6, 6.07) is 12.3. The van der Waals surface area contributed by atoms with Gasteiger partial charge in [0.05, 0.1) is 6.61 Å². The highest BCUT2D eigenvalue weighted by Gasteiger charge is 2.17. The number of benzene rings is 2. The minimum atomic E-state index is -0.580. The summed E-state index contributed by atoms with van der Waals surface area (Å²) in [5.41, 5.74) is 1.44. The predicted molar refractivity (Wildman–Crippen MR) is 96.5 cm³/mol. The molecule has 0 bridgehead atoms. The molecular weight excluding hydrogens is 374 g/mol. The second-order valence-corrected chi connectivity index (χ2v) is 6.14. The average molecular weight is 392 g/mol. The van der Waals surface area contributed by atoms with Gasteiger partial charge in [-0.1, -0.05) is 29.8 Å². The van der Waals surface area contributed by atoms with E-state index >= 15 is 0 Å². The number of esters is 1. The largest absolute Gasteiger partial charge is 0.484 e. The molecule has 2 aromatic carbocycles. The van der Waals surface area contributed by atoms with Crippen molar-refractivity contribution in [2.24, 2.45) is 0 Å². The molecule has 0 aromatic heterocycles. The second kappa shape index (κ2) is 9.25. The predicted octanol–water partition coefficient (Wildman–Crippen LogP) is 2.44. The number of halogens is 1. The van der Waals surface area contributed by atoms with Gasteiger partial charge in [-0.2, -0.15) is 0 Å². The maximum absolute atomic E-state index is 11.9. The molecule has 0 saturated heterocycles. The maximum atomic E-state index is 11.9. The SMILES string of the molecule is O=C(COc1ccccc1)NCC(=O)OCc1cc(Cl)cc2c1OCOC2. The zero-order valence-corrected chi connectivity index (χ0v) is 15.2. The summed E-state index contributed by atoms with van der Waals surface area (Å²) in [6.45, 7) is 0.0517. The zero-order chi connectivity index (χ0) is 19.1. The summed E-state index contributed by atoms with van der Waals surface area (Å²) in [6.07, 6.45) is 0. The third kappa shape index (κ3) is 5.60. The van der Waals surface area contributed by atoms with E-state index in [2.05, 4.69) is 5.32 Å². The lowest BCUT2D eigenvalue weighted by Gasteiger charge is -2.21. The number of fused-ring (bicyclic) bond motifs is 1. The molecule has 142 valence electrons. The first-order chi connectivity index (χ1) is 13.1. The van der Waals surface area contributed by atoms with Crippen molar-refractivity contribution in [2.45, 2.75) is 13.2 Å². The van der Waals surface area contributed by atoms with Crippen LogP contribution in [0.1, 0.15) is 11.1 Å². The Kier molecular flexibility index (Phi) is 6.51. The van der Waals surface area contributed by atoms with Gasteiger partial charge < -0.3 is 24.3 Å². The number of hydrogen-bond donors (Lipinski definition) is 1. The van der Waals surface area contributed by atoms with Crippen LogP contribution < -0.4 is 14.8 Å². The molecule has 0 fully saturated rings. The first-order valence-electron chi connectivity index (χ1n) is 8.24. The van der Waals surface area contributed by atoms with Gasteiger partial charge in [0.15, 0.2) is 13.4 Å². The Morgan fingerprint density at radius 2 is 2.00 bits per heavy atom. The van der Waals surface area contributed by atoms with Crippen molar-refractivity contribution >= 4 is 23.5 Å². The van der Waals surface area contributed by atoms with E-state index in [-0.39, 0.29) is 26.6 Å². The van der Waals surface area contributed by atoms with Crippen LogP contribution in [0, 0.1) is 0 Å². The highest BCUT2D eigenvalue weighted by molar-refractivity contribution is 6.30. The fourth-order valence-corrected chi connectivity index (χ4v) is 2.72. The van der Waals surface area contributed by atoms with E-state index in [1.54, 1.807) is 36.4 Å². The summed E-state index contributed by atoms with van der Waals surface area (Å²) in [5.74, 6) is 0.184. The Morgan fingerprint density at radius 1 is 1.19 bits per heavy atom. The maximum Gasteiger partial charge on any atom is 0.325 e. The van der Waals surface area contributed by atoms with Crippen LogP contribution in [0.15, 0.2) is 42.5 Å². The number of rotatable bonds is 7. The quantitative estimate of drug-likeness (QED) is 0.730. The Morgan fingerprint density at radius 3 is 2.81 bits per heavy atom. The van der Waals surface area contributed by atoms with Crippen LogP contribution in [0.4, 0.5) is 0 Å². The van der Waals surface area contributed by atoms with E-state index in [0.29, 0.717) is 28.7 Å². The summed E-state index contributed by atoms with van der Waals surface area (Å²) in [4.78, 5) is 23.6. The Bertz CT molecular complexity index is 811. The van der Waals surface area contributed by atoms with E-state index in [1.807, 2.05) is 6.07 Å². The molecule has 0 radical (unpaired) electrons. The van der Waals surface area contributed by atoms with Gasteiger partial charge in [-0.05, 0) is 24.3 Å². The van der Waals surface area contributed by atoms with Crippen LogP contribution in [0.2, 0.25) is 5.02 Å². The molecular formula is C19H18ClNO6. The lowest BCUT2D eigenvalue weighted by molar-refractivity contribution is -0.145. The van der Waals surface area contributed by atoms with Gasteiger partial charge in [0.2, 0.25) is 0 Å². The summed E-state index contributed by atoms with van der Waals surface area (Å²) in [5, 5.41) is 2.95. The molecule has 1 amide bonds. The lowest BCUT2D eigenvalue weighted by Crippen LogP contribution is -2.34. The van der Waals surface area contributed by atoms with E-state index in [0.717, 1.165) is 5.56 Å². The lowest BCUT2D eigenvalue weighted by atomic mass is 10.1. The molecule has 0 atom stereocenters. The molecule has 1 aliphatic heterocycles. The molecule has 1 aliphatic rings. The molecule has 8 heteroatoms. The molecule has 27 heavy (non-hydrogen) atoms. The van der Waals surface area contributed by atoms with Gasteiger partial charge in [0.25, 0.3) is 5.91 Å². The number of carbonyl (C=O) groups is 2. The van der Waals surface area contributed by atoms with Gasteiger partial charge in [-0.15, -0.1) is 0 Å². The number of hydrogen-bond acceptors (Lipinski definition) is 6. The van der Waals surface area contributed by atoms with E-state index < -0.39 is 11.9 Å². The van der Waals surface area contributed by atoms with Crippen LogP contribution in [-0.4, -0.2) is 31.8 Å². The number of nitrogens with one attached hydrogen (secondary N) is 1. The highest BCUT2D eigenvalue weighted by Crippen LogP contribution is 2.32. The van der Waals surface area contributed by atoms with Crippen LogP contribution in [0.25, 0.3) is 0 Å². The molecule has 1 N–H and O–H groups in total. The topological polar surface area (TPSA) is 83.1 Å². The molecule has 1 heterocycles. The first-order valence-corrected chi connectivity index (χ1v) is 8.61. The third-order valence-electron chi connectivity index (χ3n) is 3.68. The fourth-order valence-electron chi connectivity index (χ4n) is 2.46. The Hall–Kier alpha value is -2.77. The van der Waals surface area contributed by atoms with Crippen molar-refractivity contribution in [2.75, 3.05) is 19.9 Å². The average Bonchev–Trinajstić information content (AvgIpc) is 2.69. The first kappa shape index (κ1) is 19.0. The Labute approximate surface area is 161 Å². The fraction of sp³-hybridized carbons (Fsp3) is 0.263. The van der Waals surface area contributed by atoms with Crippen LogP contribution in [0.3, 0.4) is 0 Å². The van der Waals surface area contributed by atoms with E-state index in [4.69, 9.17) is 30.5 Å². The normalized spacial score (nSPS) is 12.5. The minimum Gasteiger partial charge on any atom is -0.484 e. The molecule has 3 rings (SSSR count). The van der Waals surface area contributed by atoms with Crippen molar-refractivity contribution in [3.8, 4) is 11.5 Å². The summed E-state index contributed by atoms with van der Waals surface area (Å²) < 4.78 is 21.1. The second-order valence-electron chi connectivity index (χ2n) is 5.70. The van der Waals surface area contributed by atoms with Crippen molar-refractivity contribution in [1.29, 1.82) is 0 Å². The standard InChI is InChI=1S/C19H18ClNO6/c20-15-6-13-9-24-12-27-19(13)14(7-15)10-26-18(23)8-21-17(22)11-25-16-4-2-1-3-5-16/h1-7H,8-12H2,(H,21,22). The zero-order valence-electron chi connectivity index (χ0n) is 14.4. The molecule has 7 nitrogen and oxygen atoms in total. The molecule has 0 unspecified atom stereocenters. The highest BCUT2D eigenvalue weighted by atomic mass is 35.5. The van der Waals surface area contributed by atoms with Crippen molar-refractivity contribution < 1.29 is 28.5 Å². The van der Waals surface area contributed by atoms with Gasteiger partial charge >= 0.3 is 5.97 Å². The number of amides is 1. The molecule has 0 aliphatic carbocycles. The van der Waals surface area contributed by atoms with Crippen molar-refractivity contribution in [3.63, 3.8) is 0 Å². The number of carbonyl (C=O) groups excluding carboxylic acids is 2. The van der Waals surface area contributed by atoms with Gasteiger partial charge in [-0.3, -0.25) is 9.59 Å². The summed E-state index contributed by atoms with van der Waals surface area (Å²) in [7, 11) is 0. The monoisotopic (exact) mass is 391 g/mol. The number of para-hydroxylation sites is 1. The van der Waals surface area contributed by atoms with Gasteiger partial charge in [-0.25, -0.2) is 0 Å². The van der Waals surface area contributed by atoms with Crippen LogP contribution in [-0.2, 0) is 32.3 Å². The number of ether oxygens (including phenoxy) is 4. The molecule has 2 aromatic rings. The van der Waals surface area contributed by atoms with Crippen LogP contribution in [0.5, 0.6) is 11.5 Å². The minimum absolute atomic E-state index is 0.0158. The van der Waals surface area contributed by atoms with Gasteiger partial charge in [0.1, 0.15) is 24.7 Å². The third-order valence-corrected chi connectivity index (χ3v) is 3.90. The molecule has 0 spiro atoms. The van der Waals surface area contributed by atoms with Crippen LogP contribution >= 0.6 is 11.6 Å². The van der Waals surface area contributed by atoms with Gasteiger partial charge in [0, 0.05) is 16.1 Å². The smallest absolute Gasteiger partial charge is 0.325 e.